The molecule has 2 aromatic rings. The summed E-state index contributed by atoms with van der Waals surface area (Å²) >= 11 is 0. The summed E-state index contributed by atoms with van der Waals surface area (Å²) in [6.07, 6.45) is 5.70. The molecule has 6 nitrogen and oxygen atoms in total. The van der Waals surface area contributed by atoms with E-state index in [1.54, 1.807) is 17.1 Å². The minimum Gasteiger partial charge on any atom is -0.468 e. The lowest BCUT2D eigenvalue weighted by atomic mass is 10.2. The molecule has 0 unspecified atom stereocenters. The van der Waals surface area contributed by atoms with Crippen molar-refractivity contribution in [2.75, 3.05) is 19.6 Å². The van der Waals surface area contributed by atoms with E-state index in [1.165, 1.54) is 12.8 Å². The van der Waals surface area contributed by atoms with Gasteiger partial charge in [0.2, 0.25) is 0 Å². The summed E-state index contributed by atoms with van der Waals surface area (Å²) in [5.41, 5.74) is 1.50. The molecule has 118 valence electrons. The Kier molecular flexibility index (Phi) is 4.29. The van der Waals surface area contributed by atoms with Crippen molar-refractivity contribution in [2.24, 2.45) is 7.05 Å². The highest BCUT2D eigenvalue weighted by Crippen LogP contribution is 2.25. The van der Waals surface area contributed by atoms with Gasteiger partial charge in [-0.15, -0.1) is 0 Å². The van der Waals surface area contributed by atoms with Crippen molar-refractivity contribution in [3.63, 3.8) is 0 Å². The molecule has 3 rings (SSSR count). The van der Waals surface area contributed by atoms with Crippen molar-refractivity contribution >= 4 is 5.91 Å². The van der Waals surface area contributed by atoms with Crippen molar-refractivity contribution in [3.05, 3.63) is 41.6 Å². The van der Waals surface area contributed by atoms with Crippen LogP contribution in [0.15, 0.2) is 29.0 Å². The number of nitrogens with zero attached hydrogens (tertiary/aromatic N) is 3. The van der Waals surface area contributed by atoms with E-state index in [4.69, 9.17) is 4.42 Å². The standard InChI is InChI=1S/C16H22N4O2/c1-12-13(10-18-19(12)2)16(21)17-11-14(15-6-5-9-22-15)20-7-3-4-8-20/h5-6,9-10,14H,3-4,7-8,11H2,1-2H3,(H,17,21)/t14-/m0/s1. The van der Waals surface area contributed by atoms with Gasteiger partial charge in [-0.05, 0) is 45.0 Å². The SMILES string of the molecule is Cc1c(C(=O)NC[C@@H](c2ccco2)N2CCCC2)cnn1C. The van der Waals surface area contributed by atoms with Crippen LogP contribution in [0, 0.1) is 6.92 Å². The highest BCUT2D eigenvalue weighted by atomic mass is 16.3. The molecule has 3 heterocycles. The molecule has 1 aliphatic rings. The average molecular weight is 302 g/mol. The number of carbonyl (C=O) groups is 1. The quantitative estimate of drug-likeness (QED) is 0.916. The fourth-order valence-corrected chi connectivity index (χ4v) is 2.95. The molecule has 0 aliphatic carbocycles. The smallest absolute Gasteiger partial charge is 0.254 e. The Balaban J connectivity index is 1.69. The number of nitrogens with one attached hydrogen (secondary N) is 1. The number of hydrogen-bond donors (Lipinski definition) is 1. The van der Waals surface area contributed by atoms with E-state index in [-0.39, 0.29) is 11.9 Å². The van der Waals surface area contributed by atoms with Gasteiger partial charge < -0.3 is 9.73 Å². The first-order valence-electron chi connectivity index (χ1n) is 7.71. The van der Waals surface area contributed by atoms with E-state index < -0.39 is 0 Å². The lowest BCUT2D eigenvalue weighted by molar-refractivity contribution is 0.0933. The predicted octanol–water partition coefficient (Wildman–Crippen LogP) is 1.89. The van der Waals surface area contributed by atoms with Gasteiger partial charge >= 0.3 is 0 Å². The molecule has 0 radical (unpaired) electrons. The molecule has 0 aromatic carbocycles. The van der Waals surface area contributed by atoms with Gasteiger partial charge in [0, 0.05) is 19.3 Å². The molecular weight excluding hydrogens is 280 g/mol. The average Bonchev–Trinajstić information content (AvgIpc) is 3.24. The minimum atomic E-state index is -0.0821. The first-order chi connectivity index (χ1) is 10.7. The lowest BCUT2D eigenvalue weighted by Gasteiger charge is -2.25. The van der Waals surface area contributed by atoms with E-state index in [2.05, 4.69) is 15.3 Å². The Morgan fingerprint density at radius 2 is 2.23 bits per heavy atom. The Bertz CT molecular complexity index is 627. The molecule has 0 saturated carbocycles. The van der Waals surface area contributed by atoms with Crippen molar-refractivity contribution < 1.29 is 9.21 Å². The van der Waals surface area contributed by atoms with E-state index >= 15 is 0 Å². The topological polar surface area (TPSA) is 63.3 Å². The molecule has 0 bridgehead atoms. The normalized spacial score (nSPS) is 16.8. The highest BCUT2D eigenvalue weighted by molar-refractivity contribution is 5.95. The monoisotopic (exact) mass is 302 g/mol. The molecule has 6 heteroatoms. The maximum atomic E-state index is 12.4. The fourth-order valence-electron chi connectivity index (χ4n) is 2.95. The molecule has 1 N–H and O–H groups in total. The molecule has 22 heavy (non-hydrogen) atoms. The van der Waals surface area contributed by atoms with Crippen LogP contribution in [0.4, 0.5) is 0 Å². The number of amides is 1. The Morgan fingerprint density at radius 1 is 1.45 bits per heavy atom. The van der Waals surface area contributed by atoms with Gasteiger partial charge in [-0.2, -0.15) is 5.10 Å². The second-order valence-corrected chi connectivity index (χ2v) is 5.75. The Labute approximate surface area is 130 Å². The molecule has 1 atom stereocenters. The molecule has 2 aromatic heterocycles. The Morgan fingerprint density at radius 3 is 2.82 bits per heavy atom. The summed E-state index contributed by atoms with van der Waals surface area (Å²) in [5, 5.41) is 7.14. The van der Waals surface area contributed by atoms with Gasteiger partial charge in [0.15, 0.2) is 0 Å². The zero-order chi connectivity index (χ0) is 15.5. The number of rotatable bonds is 5. The number of aryl methyl sites for hydroxylation is 1. The van der Waals surface area contributed by atoms with Crippen molar-refractivity contribution in [3.8, 4) is 0 Å². The first kappa shape index (κ1) is 14.8. The third-order valence-electron chi connectivity index (χ3n) is 4.39. The van der Waals surface area contributed by atoms with Gasteiger partial charge in [0.25, 0.3) is 5.91 Å². The van der Waals surface area contributed by atoms with Crippen LogP contribution in [-0.4, -0.2) is 40.2 Å². The summed E-state index contributed by atoms with van der Waals surface area (Å²) in [6, 6.07) is 3.97. The van der Waals surface area contributed by atoms with E-state index in [1.807, 2.05) is 26.1 Å². The molecule has 1 aliphatic heterocycles. The zero-order valence-electron chi connectivity index (χ0n) is 13.1. The number of likely N-dealkylation sites (tertiary alicyclic amines) is 1. The number of furan rings is 1. The summed E-state index contributed by atoms with van der Waals surface area (Å²) in [6.45, 7) is 4.54. The third-order valence-corrected chi connectivity index (χ3v) is 4.39. The molecule has 1 amide bonds. The number of carbonyl (C=O) groups excluding carboxylic acids is 1. The van der Waals surface area contributed by atoms with Crippen LogP contribution in [0.1, 0.15) is 40.7 Å². The summed E-state index contributed by atoms with van der Waals surface area (Å²) in [4.78, 5) is 14.7. The predicted molar refractivity (Wildman–Crippen MR) is 82.5 cm³/mol. The van der Waals surface area contributed by atoms with Gasteiger partial charge in [-0.25, -0.2) is 0 Å². The van der Waals surface area contributed by atoms with Crippen molar-refractivity contribution in [1.82, 2.24) is 20.0 Å². The largest absolute Gasteiger partial charge is 0.468 e. The van der Waals surface area contributed by atoms with E-state index in [0.717, 1.165) is 24.5 Å². The summed E-state index contributed by atoms with van der Waals surface area (Å²) in [5.74, 6) is 0.825. The van der Waals surface area contributed by atoms with Crippen molar-refractivity contribution in [2.45, 2.75) is 25.8 Å². The molecule has 1 saturated heterocycles. The van der Waals surface area contributed by atoms with Gasteiger partial charge in [-0.3, -0.25) is 14.4 Å². The fraction of sp³-hybridized carbons (Fsp3) is 0.500. The van der Waals surface area contributed by atoms with Crippen LogP contribution in [0.2, 0.25) is 0 Å². The van der Waals surface area contributed by atoms with Crippen molar-refractivity contribution in [1.29, 1.82) is 0 Å². The molecule has 0 spiro atoms. The number of hydrogen-bond acceptors (Lipinski definition) is 4. The van der Waals surface area contributed by atoms with Gasteiger partial charge in [-0.1, -0.05) is 0 Å². The van der Waals surface area contributed by atoms with E-state index in [0.29, 0.717) is 12.1 Å². The lowest BCUT2D eigenvalue weighted by Crippen LogP contribution is -2.36. The van der Waals surface area contributed by atoms with Crippen LogP contribution >= 0.6 is 0 Å². The zero-order valence-corrected chi connectivity index (χ0v) is 13.1. The van der Waals surface area contributed by atoms with Crippen LogP contribution in [0.3, 0.4) is 0 Å². The van der Waals surface area contributed by atoms with E-state index in [9.17, 15) is 4.79 Å². The second-order valence-electron chi connectivity index (χ2n) is 5.75. The molecule has 1 fully saturated rings. The maximum Gasteiger partial charge on any atom is 0.254 e. The van der Waals surface area contributed by atoms with Crippen LogP contribution in [0.5, 0.6) is 0 Å². The maximum absolute atomic E-state index is 12.4. The second kappa shape index (κ2) is 6.36. The Hall–Kier alpha value is -2.08. The van der Waals surface area contributed by atoms with Gasteiger partial charge in [0.05, 0.1) is 24.1 Å². The molecular formula is C16H22N4O2. The summed E-state index contributed by atoms with van der Waals surface area (Å²) in [7, 11) is 1.84. The van der Waals surface area contributed by atoms with Crippen LogP contribution < -0.4 is 5.32 Å². The van der Waals surface area contributed by atoms with Crippen LogP contribution in [0.25, 0.3) is 0 Å². The number of aromatic nitrogens is 2. The third kappa shape index (κ3) is 2.92. The summed E-state index contributed by atoms with van der Waals surface area (Å²) < 4.78 is 7.27. The van der Waals surface area contributed by atoms with Gasteiger partial charge in [0.1, 0.15) is 5.76 Å². The van der Waals surface area contributed by atoms with Crippen LogP contribution in [-0.2, 0) is 7.05 Å². The highest BCUT2D eigenvalue weighted by Gasteiger charge is 2.26. The first-order valence-corrected chi connectivity index (χ1v) is 7.71. The minimum absolute atomic E-state index is 0.0821.